The highest BCUT2D eigenvalue weighted by Crippen LogP contribution is 2.24. The standard InChI is InChI=1S/C12H15N3S/c1-3-5-11-14-9(8-12(13-2)15-11)10-6-4-7-16-10/h4,6-8H,3,5H2,1-2H3,(H,13,14,15). The van der Waals surface area contributed by atoms with E-state index < -0.39 is 0 Å². The number of hydrogen-bond acceptors (Lipinski definition) is 4. The van der Waals surface area contributed by atoms with Crippen LogP contribution >= 0.6 is 11.3 Å². The summed E-state index contributed by atoms with van der Waals surface area (Å²) in [6.45, 7) is 2.14. The van der Waals surface area contributed by atoms with Crippen LogP contribution in [0.4, 0.5) is 5.82 Å². The quantitative estimate of drug-likeness (QED) is 0.881. The molecule has 0 saturated carbocycles. The lowest BCUT2D eigenvalue weighted by Crippen LogP contribution is -2.01. The van der Waals surface area contributed by atoms with Crippen molar-refractivity contribution in [2.24, 2.45) is 0 Å². The fourth-order valence-electron chi connectivity index (χ4n) is 1.51. The van der Waals surface area contributed by atoms with E-state index in [1.54, 1.807) is 11.3 Å². The van der Waals surface area contributed by atoms with Gasteiger partial charge in [0.15, 0.2) is 0 Å². The van der Waals surface area contributed by atoms with E-state index in [1.165, 1.54) is 4.88 Å². The topological polar surface area (TPSA) is 37.8 Å². The van der Waals surface area contributed by atoms with Crippen LogP contribution in [0.3, 0.4) is 0 Å². The second-order valence-electron chi connectivity index (χ2n) is 3.53. The molecule has 0 spiro atoms. The zero-order chi connectivity index (χ0) is 11.4. The molecule has 2 rings (SSSR count). The summed E-state index contributed by atoms with van der Waals surface area (Å²) >= 11 is 1.70. The molecule has 0 bridgehead atoms. The maximum atomic E-state index is 4.57. The highest BCUT2D eigenvalue weighted by molar-refractivity contribution is 7.13. The molecule has 0 aliphatic carbocycles. The van der Waals surface area contributed by atoms with E-state index in [0.29, 0.717) is 0 Å². The van der Waals surface area contributed by atoms with Crippen LogP contribution in [0.25, 0.3) is 10.6 Å². The smallest absolute Gasteiger partial charge is 0.131 e. The number of aromatic nitrogens is 2. The lowest BCUT2D eigenvalue weighted by Gasteiger charge is -2.05. The van der Waals surface area contributed by atoms with Crippen molar-refractivity contribution in [2.45, 2.75) is 19.8 Å². The van der Waals surface area contributed by atoms with Gasteiger partial charge in [0.25, 0.3) is 0 Å². The Morgan fingerprint density at radius 1 is 1.38 bits per heavy atom. The predicted octanol–water partition coefficient (Wildman–Crippen LogP) is 3.20. The Bertz CT molecular complexity index is 451. The third-order valence-electron chi connectivity index (χ3n) is 2.28. The minimum Gasteiger partial charge on any atom is -0.373 e. The molecule has 0 unspecified atom stereocenters. The fourth-order valence-corrected chi connectivity index (χ4v) is 2.20. The Balaban J connectivity index is 2.41. The maximum Gasteiger partial charge on any atom is 0.131 e. The van der Waals surface area contributed by atoms with Gasteiger partial charge in [-0.15, -0.1) is 11.3 Å². The van der Waals surface area contributed by atoms with Gasteiger partial charge in [-0.05, 0) is 17.9 Å². The van der Waals surface area contributed by atoms with E-state index in [9.17, 15) is 0 Å². The van der Waals surface area contributed by atoms with Crippen molar-refractivity contribution in [1.29, 1.82) is 0 Å². The average Bonchev–Trinajstić information content (AvgIpc) is 2.82. The predicted molar refractivity (Wildman–Crippen MR) is 68.9 cm³/mol. The lowest BCUT2D eigenvalue weighted by atomic mass is 10.3. The minimum absolute atomic E-state index is 0.891. The van der Waals surface area contributed by atoms with E-state index in [0.717, 1.165) is 30.2 Å². The maximum absolute atomic E-state index is 4.57. The van der Waals surface area contributed by atoms with Crippen LogP contribution in [0, 0.1) is 0 Å². The molecule has 84 valence electrons. The van der Waals surface area contributed by atoms with Crippen LogP contribution in [0.5, 0.6) is 0 Å². The molecule has 2 heterocycles. The molecule has 4 heteroatoms. The number of nitrogens with one attached hydrogen (secondary N) is 1. The first-order valence-corrected chi connectivity index (χ1v) is 6.31. The van der Waals surface area contributed by atoms with Gasteiger partial charge in [0.1, 0.15) is 11.6 Å². The molecule has 0 aliphatic rings. The number of hydrogen-bond donors (Lipinski definition) is 1. The van der Waals surface area contributed by atoms with Gasteiger partial charge in [0, 0.05) is 19.5 Å². The van der Waals surface area contributed by atoms with Crippen molar-refractivity contribution in [2.75, 3.05) is 12.4 Å². The Morgan fingerprint density at radius 2 is 2.25 bits per heavy atom. The molecule has 1 N–H and O–H groups in total. The normalized spacial score (nSPS) is 10.4. The summed E-state index contributed by atoms with van der Waals surface area (Å²) in [7, 11) is 1.89. The first-order chi connectivity index (χ1) is 7.83. The zero-order valence-corrected chi connectivity index (χ0v) is 10.3. The monoisotopic (exact) mass is 233 g/mol. The third kappa shape index (κ3) is 2.39. The van der Waals surface area contributed by atoms with Crippen molar-refractivity contribution in [3.8, 4) is 10.6 Å². The Hall–Kier alpha value is -1.42. The highest BCUT2D eigenvalue weighted by Gasteiger charge is 2.06. The van der Waals surface area contributed by atoms with Gasteiger partial charge < -0.3 is 5.32 Å². The molecule has 0 aromatic carbocycles. The molecule has 3 nitrogen and oxygen atoms in total. The molecule has 2 aromatic rings. The van der Waals surface area contributed by atoms with Crippen LogP contribution in [-0.4, -0.2) is 17.0 Å². The second kappa shape index (κ2) is 5.07. The Morgan fingerprint density at radius 3 is 2.88 bits per heavy atom. The minimum atomic E-state index is 0.891. The number of anilines is 1. The Labute approximate surface area is 99.6 Å². The molecule has 0 radical (unpaired) electrons. The summed E-state index contributed by atoms with van der Waals surface area (Å²) in [5.41, 5.74) is 1.01. The molecular formula is C12H15N3S. The van der Waals surface area contributed by atoms with Crippen molar-refractivity contribution < 1.29 is 0 Å². The van der Waals surface area contributed by atoms with Gasteiger partial charge in [-0.2, -0.15) is 0 Å². The highest BCUT2D eigenvalue weighted by atomic mass is 32.1. The summed E-state index contributed by atoms with van der Waals surface area (Å²) < 4.78 is 0. The number of aryl methyl sites for hydroxylation is 1. The molecule has 2 aromatic heterocycles. The van der Waals surface area contributed by atoms with Crippen LogP contribution in [0.2, 0.25) is 0 Å². The van der Waals surface area contributed by atoms with Crippen LogP contribution in [0.15, 0.2) is 23.6 Å². The van der Waals surface area contributed by atoms with Crippen molar-refractivity contribution in [3.63, 3.8) is 0 Å². The summed E-state index contributed by atoms with van der Waals surface area (Å²) in [4.78, 5) is 10.2. The summed E-state index contributed by atoms with van der Waals surface area (Å²) in [5.74, 6) is 1.81. The number of nitrogens with zero attached hydrogens (tertiary/aromatic N) is 2. The first kappa shape index (κ1) is 11.1. The third-order valence-corrected chi connectivity index (χ3v) is 3.17. The van der Waals surface area contributed by atoms with Gasteiger partial charge in [0.2, 0.25) is 0 Å². The average molecular weight is 233 g/mol. The summed E-state index contributed by atoms with van der Waals surface area (Å²) in [6, 6.07) is 6.12. The zero-order valence-electron chi connectivity index (χ0n) is 9.53. The van der Waals surface area contributed by atoms with E-state index in [4.69, 9.17) is 0 Å². The molecule has 0 amide bonds. The van der Waals surface area contributed by atoms with Gasteiger partial charge >= 0.3 is 0 Å². The number of thiophene rings is 1. The van der Waals surface area contributed by atoms with Crippen molar-refractivity contribution in [3.05, 3.63) is 29.4 Å². The van der Waals surface area contributed by atoms with Gasteiger partial charge in [-0.3, -0.25) is 0 Å². The van der Waals surface area contributed by atoms with Crippen LogP contribution in [-0.2, 0) is 6.42 Å². The van der Waals surface area contributed by atoms with Gasteiger partial charge in [0.05, 0.1) is 10.6 Å². The van der Waals surface area contributed by atoms with Crippen molar-refractivity contribution >= 4 is 17.2 Å². The SMILES string of the molecule is CCCc1nc(NC)cc(-c2cccs2)n1. The molecular weight excluding hydrogens is 218 g/mol. The van der Waals surface area contributed by atoms with Crippen LogP contribution < -0.4 is 5.32 Å². The van der Waals surface area contributed by atoms with E-state index >= 15 is 0 Å². The second-order valence-corrected chi connectivity index (χ2v) is 4.48. The van der Waals surface area contributed by atoms with Gasteiger partial charge in [-0.1, -0.05) is 13.0 Å². The molecule has 0 atom stereocenters. The van der Waals surface area contributed by atoms with Crippen LogP contribution in [0.1, 0.15) is 19.2 Å². The molecule has 0 saturated heterocycles. The van der Waals surface area contributed by atoms with Crippen molar-refractivity contribution in [1.82, 2.24) is 9.97 Å². The lowest BCUT2D eigenvalue weighted by molar-refractivity contribution is 0.838. The summed E-state index contributed by atoms with van der Waals surface area (Å²) in [5, 5.41) is 5.15. The van der Waals surface area contributed by atoms with E-state index in [2.05, 4.69) is 33.7 Å². The molecule has 16 heavy (non-hydrogen) atoms. The molecule has 0 aliphatic heterocycles. The largest absolute Gasteiger partial charge is 0.373 e. The number of rotatable bonds is 4. The summed E-state index contributed by atoms with van der Waals surface area (Å²) in [6.07, 6.45) is 1.99. The van der Waals surface area contributed by atoms with E-state index in [1.807, 2.05) is 19.2 Å². The van der Waals surface area contributed by atoms with E-state index in [-0.39, 0.29) is 0 Å². The molecule has 0 fully saturated rings. The first-order valence-electron chi connectivity index (χ1n) is 5.43. The fraction of sp³-hybridized carbons (Fsp3) is 0.333. The van der Waals surface area contributed by atoms with Gasteiger partial charge in [-0.25, -0.2) is 9.97 Å². The Kier molecular flexibility index (Phi) is 3.51.